The number of nitrogens with zero attached hydrogens (tertiary/aromatic N) is 4. The fourth-order valence-corrected chi connectivity index (χ4v) is 4.49. The van der Waals surface area contributed by atoms with Crippen LogP contribution in [0.5, 0.6) is 0 Å². The lowest BCUT2D eigenvalue weighted by atomic mass is 10.1. The van der Waals surface area contributed by atoms with Crippen LogP contribution in [-0.2, 0) is 11.3 Å². The number of amides is 1. The molecule has 1 amide bonds. The van der Waals surface area contributed by atoms with Gasteiger partial charge in [-0.3, -0.25) is 14.2 Å². The van der Waals surface area contributed by atoms with Crippen molar-refractivity contribution in [2.75, 3.05) is 12.3 Å². The Morgan fingerprint density at radius 3 is 2.66 bits per heavy atom. The van der Waals surface area contributed by atoms with Gasteiger partial charge in [0.1, 0.15) is 5.76 Å². The van der Waals surface area contributed by atoms with Crippen LogP contribution in [0.1, 0.15) is 17.7 Å². The van der Waals surface area contributed by atoms with Crippen LogP contribution in [0.4, 0.5) is 0 Å². The van der Waals surface area contributed by atoms with Gasteiger partial charge in [-0.25, -0.2) is 9.99 Å². The molecule has 1 aliphatic heterocycles. The van der Waals surface area contributed by atoms with Crippen LogP contribution < -0.4 is 5.56 Å². The van der Waals surface area contributed by atoms with Crippen molar-refractivity contribution < 1.29 is 9.21 Å². The molecule has 32 heavy (non-hydrogen) atoms. The van der Waals surface area contributed by atoms with E-state index in [9.17, 15) is 9.59 Å². The van der Waals surface area contributed by atoms with E-state index < -0.39 is 0 Å². The molecule has 0 bridgehead atoms. The highest BCUT2D eigenvalue weighted by atomic mass is 32.2. The van der Waals surface area contributed by atoms with Crippen molar-refractivity contribution in [3.63, 3.8) is 0 Å². The van der Waals surface area contributed by atoms with Gasteiger partial charge in [0.15, 0.2) is 5.16 Å². The molecule has 8 heteroatoms. The summed E-state index contributed by atoms with van der Waals surface area (Å²) >= 11 is 1.24. The maximum Gasteiger partial charge on any atom is 0.262 e. The molecule has 160 valence electrons. The molecule has 4 aromatic rings. The predicted molar refractivity (Wildman–Crippen MR) is 124 cm³/mol. The van der Waals surface area contributed by atoms with Crippen LogP contribution in [0.3, 0.4) is 0 Å². The maximum atomic E-state index is 13.1. The Balaban J connectivity index is 1.38. The van der Waals surface area contributed by atoms with Crippen molar-refractivity contribution in [1.29, 1.82) is 0 Å². The van der Waals surface area contributed by atoms with E-state index in [-0.39, 0.29) is 23.8 Å². The third kappa shape index (κ3) is 4.09. The molecule has 0 radical (unpaired) electrons. The first-order valence-corrected chi connectivity index (χ1v) is 11.3. The first-order chi connectivity index (χ1) is 15.7. The van der Waals surface area contributed by atoms with E-state index in [0.29, 0.717) is 28.4 Å². The van der Waals surface area contributed by atoms with E-state index in [4.69, 9.17) is 4.42 Å². The van der Waals surface area contributed by atoms with E-state index in [1.165, 1.54) is 16.8 Å². The molecule has 0 atom stereocenters. The van der Waals surface area contributed by atoms with Crippen molar-refractivity contribution >= 4 is 34.3 Å². The van der Waals surface area contributed by atoms with E-state index >= 15 is 0 Å². The minimum Gasteiger partial charge on any atom is -0.467 e. The van der Waals surface area contributed by atoms with Gasteiger partial charge >= 0.3 is 0 Å². The quantitative estimate of drug-likeness (QED) is 0.334. The normalized spacial score (nSPS) is 13.5. The summed E-state index contributed by atoms with van der Waals surface area (Å²) in [4.78, 5) is 30.6. The fraction of sp³-hybridized carbons (Fsp3) is 0.167. The number of aromatic nitrogens is 2. The van der Waals surface area contributed by atoms with Crippen molar-refractivity contribution in [2.24, 2.45) is 5.10 Å². The van der Waals surface area contributed by atoms with E-state index in [1.807, 2.05) is 48.5 Å². The Labute approximate surface area is 188 Å². The fourth-order valence-electron chi connectivity index (χ4n) is 3.63. The minimum absolute atomic E-state index is 0.118. The Morgan fingerprint density at radius 1 is 1.03 bits per heavy atom. The summed E-state index contributed by atoms with van der Waals surface area (Å²) in [6.07, 6.45) is 2.29. The topological polar surface area (TPSA) is 80.7 Å². The van der Waals surface area contributed by atoms with Crippen LogP contribution in [0.2, 0.25) is 0 Å². The number of hydrogen-bond acceptors (Lipinski definition) is 6. The highest BCUT2D eigenvalue weighted by Gasteiger charge is 2.22. The van der Waals surface area contributed by atoms with E-state index in [0.717, 1.165) is 17.7 Å². The van der Waals surface area contributed by atoms with Crippen molar-refractivity contribution in [3.8, 4) is 0 Å². The standard InChI is InChI=1S/C24H20N4O3S/c29-22(28-13-12-20(26-28)17-7-2-1-3-8-17)16-32-24-25-21-11-5-4-10-19(21)23(30)27(24)15-18-9-6-14-31-18/h1-11,14H,12-13,15-16H2. The smallest absolute Gasteiger partial charge is 0.262 e. The molecule has 0 aliphatic carbocycles. The summed E-state index contributed by atoms with van der Waals surface area (Å²) in [5.74, 6) is 0.663. The number of para-hydroxylation sites is 1. The molecule has 0 spiro atoms. The van der Waals surface area contributed by atoms with Gasteiger partial charge < -0.3 is 4.42 Å². The van der Waals surface area contributed by atoms with Crippen LogP contribution in [-0.4, -0.2) is 38.5 Å². The maximum absolute atomic E-state index is 13.1. The van der Waals surface area contributed by atoms with Gasteiger partial charge in [-0.15, -0.1) is 0 Å². The van der Waals surface area contributed by atoms with Gasteiger partial charge in [0.2, 0.25) is 0 Å². The number of thioether (sulfide) groups is 1. The molecule has 2 aromatic heterocycles. The van der Waals surface area contributed by atoms with Gasteiger partial charge in [0.25, 0.3) is 11.5 Å². The zero-order chi connectivity index (χ0) is 21.9. The zero-order valence-corrected chi connectivity index (χ0v) is 18.0. The number of carbonyl (C=O) groups excluding carboxylic acids is 1. The Bertz CT molecular complexity index is 1350. The van der Waals surface area contributed by atoms with Crippen LogP contribution in [0, 0.1) is 0 Å². The van der Waals surface area contributed by atoms with Crippen molar-refractivity contribution in [2.45, 2.75) is 18.1 Å². The molecule has 0 fully saturated rings. The second kappa shape index (κ2) is 8.84. The van der Waals surface area contributed by atoms with Gasteiger partial charge in [-0.2, -0.15) is 5.10 Å². The monoisotopic (exact) mass is 444 g/mol. The van der Waals surface area contributed by atoms with Crippen LogP contribution >= 0.6 is 11.8 Å². The van der Waals surface area contributed by atoms with Gasteiger partial charge in [-0.05, 0) is 29.8 Å². The summed E-state index contributed by atoms with van der Waals surface area (Å²) in [5, 5.41) is 7.02. The molecule has 0 N–H and O–H groups in total. The molecule has 3 heterocycles. The Morgan fingerprint density at radius 2 is 1.84 bits per heavy atom. The lowest BCUT2D eigenvalue weighted by molar-refractivity contribution is -0.127. The number of hydrogen-bond donors (Lipinski definition) is 0. The summed E-state index contributed by atoms with van der Waals surface area (Å²) in [6, 6.07) is 20.7. The number of carbonyl (C=O) groups is 1. The Kier molecular flexibility index (Phi) is 5.60. The molecular formula is C24H20N4O3S. The predicted octanol–water partition coefficient (Wildman–Crippen LogP) is 3.77. The third-order valence-electron chi connectivity index (χ3n) is 5.24. The molecule has 5 rings (SSSR count). The highest BCUT2D eigenvalue weighted by molar-refractivity contribution is 7.99. The third-order valence-corrected chi connectivity index (χ3v) is 6.20. The average Bonchev–Trinajstić information content (AvgIpc) is 3.53. The van der Waals surface area contributed by atoms with E-state index in [2.05, 4.69) is 10.1 Å². The molecule has 0 saturated carbocycles. The van der Waals surface area contributed by atoms with Gasteiger partial charge in [0, 0.05) is 6.42 Å². The van der Waals surface area contributed by atoms with E-state index in [1.54, 1.807) is 29.0 Å². The molecule has 0 saturated heterocycles. The molecule has 1 aliphatic rings. The summed E-state index contributed by atoms with van der Waals surface area (Å²) in [5.41, 5.74) is 2.38. The molecular weight excluding hydrogens is 424 g/mol. The SMILES string of the molecule is O=C(CSc1nc2ccccc2c(=O)n1Cc1ccco1)N1CCC(c2ccccc2)=N1. The second-order valence-electron chi connectivity index (χ2n) is 7.35. The van der Waals surface area contributed by atoms with Crippen LogP contribution in [0.15, 0.2) is 92.5 Å². The number of fused-ring (bicyclic) bond motifs is 1. The molecule has 0 unspecified atom stereocenters. The minimum atomic E-state index is -0.160. The first-order valence-electron chi connectivity index (χ1n) is 10.3. The van der Waals surface area contributed by atoms with Gasteiger partial charge in [-0.1, -0.05) is 54.2 Å². The largest absolute Gasteiger partial charge is 0.467 e. The average molecular weight is 445 g/mol. The number of furan rings is 1. The summed E-state index contributed by atoms with van der Waals surface area (Å²) in [6.45, 7) is 0.800. The summed E-state index contributed by atoms with van der Waals surface area (Å²) < 4.78 is 6.99. The van der Waals surface area contributed by atoms with Crippen LogP contribution in [0.25, 0.3) is 10.9 Å². The number of benzene rings is 2. The number of rotatable bonds is 6. The van der Waals surface area contributed by atoms with Crippen molar-refractivity contribution in [1.82, 2.24) is 14.6 Å². The second-order valence-corrected chi connectivity index (χ2v) is 8.29. The Hall–Kier alpha value is -3.65. The lowest BCUT2D eigenvalue weighted by Gasteiger charge is -2.14. The van der Waals surface area contributed by atoms with Crippen molar-refractivity contribution in [3.05, 3.63) is 94.7 Å². The number of hydrazone groups is 1. The molecule has 2 aromatic carbocycles. The zero-order valence-electron chi connectivity index (χ0n) is 17.2. The first kappa shape index (κ1) is 20.3. The molecule has 7 nitrogen and oxygen atoms in total. The highest BCUT2D eigenvalue weighted by Crippen LogP contribution is 2.21. The lowest BCUT2D eigenvalue weighted by Crippen LogP contribution is -2.27. The van der Waals surface area contributed by atoms with Gasteiger partial charge in [0.05, 0.1) is 41.7 Å². The summed E-state index contributed by atoms with van der Waals surface area (Å²) in [7, 11) is 0.